The summed E-state index contributed by atoms with van der Waals surface area (Å²) in [6.07, 6.45) is 0. The Morgan fingerprint density at radius 3 is 2.46 bits per heavy atom. The summed E-state index contributed by atoms with van der Waals surface area (Å²) in [7, 11) is 0. The zero-order valence-electron chi connectivity index (χ0n) is 5.99. The van der Waals surface area contributed by atoms with Crippen LogP contribution in [0.5, 0.6) is 0 Å². The second-order valence-electron chi connectivity index (χ2n) is 2.06. The summed E-state index contributed by atoms with van der Waals surface area (Å²) in [5, 5.41) is 8.84. The van der Waals surface area contributed by atoms with Crippen molar-refractivity contribution in [2.24, 2.45) is 0 Å². The van der Waals surface area contributed by atoms with Crippen LogP contribution in [0.25, 0.3) is 10.7 Å². The number of rotatable bonds is 1. The lowest BCUT2D eigenvalue weighted by molar-refractivity contribution is 1.10. The first-order valence-electron chi connectivity index (χ1n) is 3.08. The molecule has 4 nitrogen and oxygen atoms in total. The van der Waals surface area contributed by atoms with E-state index in [1.54, 1.807) is 0 Å². The molecule has 0 aliphatic carbocycles. The van der Waals surface area contributed by atoms with Crippen molar-refractivity contribution in [2.45, 2.75) is 0 Å². The maximum Gasteiger partial charge on any atom is 0.203 e. The molecule has 0 fully saturated rings. The van der Waals surface area contributed by atoms with E-state index < -0.39 is 0 Å². The number of halogens is 2. The second kappa shape index (κ2) is 3.38. The predicted molar refractivity (Wildman–Crippen MR) is 55.4 cm³/mol. The van der Waals surface area contributed by atoms with Gasteiger partial charge in [0.1, 0.15) is 15.1 Å². The normalized spacial score (nSPS) is 10.6. The van der Waals surface area contributed by atoms with Crippen LogP contribution in [0, 0.1) is 0 Å². The third-order valence-electron chi connectivity index (χ3n) is 1.24. The van der Waals surface area contributed by atoms with Crippen LogP contribution in [0.3, 0.4) is 0 Å². The van der Waals surface area contributed by atoms with E-state index in [1.807, 2.05) is 0 Å². The van der Waals surface area contributed by atoms with Crippen LogP contribution < -0.4 is 5.73 Å². The number of aromatic nitrogens is 3. The quantitative estimate of drug-likeness (QED) is 0.848. The van der Waals surface area contributed by atoms with Crippen molar-refractivity contribution >= 4 is 51.2 Å². The van der Waals surface area contributed by atoms with Crippen molar-refractivity contribution in [3.8, 4) is 10.7 Å². The molecular weight excluding hydrogens is 251 g/mol. The molecular formula is C5H2Cl2N4S2. The molecule has 2 N–H and O–H groups in total. The second-order valence-corrected chi connectivity index (χ2v) is 4.83. The van der Waals surface area contributed by atoms with Gasteiger partial charge in [0.2, 0.25) is 5.13 Å². The molecule has 0 spiro atoms. The smallest absolute Gasteiger partial charge is 0.203 e. The number of anilines is 1. The number of nitrogens with zero attached hydrogens (tertiary/aromatic N) is 3. The molecule has 2 heterocycles. The molecule has 68 valence electrons. The molecule has 0 radical (unpaired) electrons. The van der Waals surface area contributed by atoms with Gasteiger partial charge in [-0.2, -0.15) is 4.37 Å². The first-order valence-corrected chi connectivity index (χ1v) is 5.43. The fourth-order valence-corrected chi connectivity index (χ4v) is 2.45. The van der Waals surface area contributed by atoms with Crippen molar-refractivity contribution < 1.29 is 0 Å². The van der Waals surface area contributed by atoms with Gasteiger partial charge in [0.05, 0.1) is 0 Å². The van der Waals surface area contributed by atoms with Crippen LogP contribution in [0.4, 0.5) is 5.13 Å². The zero-order chi connectivity index (χ0) is 9.42. The minimum Gasteiger partial charge on any atom is -0.374 e. The van der Waals surface area contributed by atoms with Crippen LogP contribution in [-0.4, -0.2) is 14.6 Å². The molecule has 0 atom stereocenters. The fourth-order valence-electron chi connectivity index (χ4n) is 0.722. The predicted octanol–water partition coefficient (Wildman–Crippen LogP) is 2.55. The molecule has 0 saturated carbocycles. The number of nitrogen functional groups attached to an aromatic ring is 1. The van der Waals surface area contributed by atoms with Gasteiger partial charge in [-0.25, -0.2) is 0 Å². The molecule has 0 aliphatic rings. The third-order valence-corrected chi connectivity index (χ3v) is 3.61. The number of nitrogens with two attached hydrogens (primary N) is 1. The topological polar surface area (TPSA) is 64.7 Å². The molecule has 0 aliphatic heterocycles. The Labute approximate surface area is 91.5 Å². The zero-order valence-corrected chi connectivity index (χ0v) is 9.14. The maximum atomic E-state index is 5.87. The van der Waals surface area contributed by atoms with Gasteiger partial charge in [-0.15, -0.1) is 10.2 Å². The summed E-state index contributed by atoms with van der Waals surface area (Å²) in [6.45, 7) is 0. The standard InChI is InChI=1S/C5H2Cl2N4S2/c6-1-2(11-13-3(1)7)4-9-10-5(8)12-4/h(H2,8,10). The molecule has 13 heavy (non-hydrogen) atoms. The SMILES string of the molecule is Nc1nnc(-c2nsc(Cl)c2Cl)s1. The lowest BCUT2D eigenvalue weighted by Crippen LogP contribution is -1.80. The third kappa shape index (κ3) is 1.62. The molecule has 0 amide bonds. The van der Waals surface area contributed by atoms with Crippen molar-refractivity contribution in [1.82, 2.24) is 14.6 Å². The molecule has 2 rings (SSSR count). The Morgan fingerprint density at radius 1 is 1.23 bits per heavy atom. The summed E-state index contributed by atoms with van der Waals surface area (Å²) in [5.41, 5.74) is 5.96. The summed E-state index contributed by atoms with van der Waals surface area (Å²) < 4.78 is 4.48. The van der Waals surface area contributed by atoms with E-state index >= 15 is 0 Å². The summed E-state index contributed by atoms with van der Waals surface area (Å²) in [5.74, 6) is 0. The van der Waals surface area contributed by atoms with Gasteiger partial charge in [-0.05, 0) is 11.5 Å². The van der Waals surface area contributed by atoms with Crippen LogP contribution in [-0.2, 0) is 0 Å². The summed E-state index contributed by atoms with van der Waals surface area (Å²) in [6, 6.07) is 0. The minimum absolute atomic E-state index is 0.384. The fraction of sp³-hybridized carbons (Fsp3) is 0. The van der Waals surface area contributed by atoms with Gasteiger partial charge in [0.15, 0.2) is 5.01 Å². The highest BCUT2D eigenvalue weighted by Gasteiger charge is 2.15. The molecule has 2 aromatic rings. The summed E-state index contributed by atoms with van der Waals surface area (Å²) >= 11 is 13.9. The average Bonchev–Trinajstić information content (AvgIpc) is 2.62. The van der Waals surface area contributed by atoms with Crippen molar-refractivity contribution in [3.05, 3.63) is 9.36 Å². The van der Waals surface area contributed by atoms with Gasteiger partial charge in [0.25, 0.3) is 0 Å². The van der Waals surface area contributed by atoms with E-state index in [2.05, 4.69) is 14.6 Å². The van der Waals surface area contributed by atoms with Crippen LogP contribution in [0.15, 0.2) is 0 Å². The average molecular weight is 253 g/mol. The van der Waals surface area contributed by atoms with Crippen molar-refractivity contribution in [1.29, 1.82) is 0 Å². The Bertz CT molecular complexity index is 437. The number of hydrogen-bond acceptors (Lipinski definition) is 6. The first kappa shape index (κ1) is 9.14. The van der Waals surface area contributed by atoms with E-state index in [0.29, 0.717) is 25.2 Å². The Hall–Kier alpha value is -0.430. The van der Waals surface area contributed by atoms with Gasteiger partial charge >= 0.3 is 0 Å². The Morgan fingerprint density at radius 2 is 2.00 bits per heavy atom. The highest BCUT2D eigenvalue weighted by Crippen LogP contribution is 2.37. The van der Waals surface area contributed by atoms with Gasteiger partial charge in [-0.1, -0.05) is 34.5 Å². The molecule has 0 bridgehead atoms. The van der Waals surface area contributed by atoms with Crippen LogP contribution >= 0.6 is 46.1 Å². The van der Waals surface area contributed by atoms with Crippen molar-refractivity contribution in [3.63, 3.8) is 0 Å². The Kier molecular flexibility index (Phi) is 2.37. The largest absolute Gasteiger partial charge is 0.374 e. The van der Waals surface area contributed by atoms with E-state index in [1.165, 1.54) is 11.3 Å². The molecule has 0 unspecified atom stereocenters. The molecule has 0 saturated heterocycles. The van der Waals surface area contributed by atoms with E-state index in [-0.39, 0.29) is 0 Å². The molecule has 8 heteroatoms. The summed E-state index contributed by atoms with van der Waals surface area (Å²) in [4.78, 5) is 0. The van der Waals surface area contributed by atoms with Gasteiger partial charge in [-0.3, -0.25) is 0 Å². The minimum atomic E-state index is 0.384. The number of hydrogen-bond donors (Lipinski definition) is 1. The highest BCUT2D eigenvalue weighted by molar-refractivity contribution is 7.18. The van der Waals surface area contributed by atoms with Crippen LogP contribution in [0.1, 0.15) is 0 Å². The van der Waals surface area contributed by atoms with E-state index in [9.17, 15) is 0 Å². The maximum absolute atomic E-state index is 5.87. The lowest BCUT2D eigenvalue weighted by Gasteiger charge is -1.86. The van der Waals surface area contributed by atoms with E-state index in [0.717, 1.165) is 11.5 Å². The van der Waals surface area contributed by atoms with Gasteiger partial charge < -0.3 is 5.73 Å². The van der Waals surface area contributed by atoms with Gasteiger partial charge in [0, 0.05) is 0 Å². The monoisotopic (exact) mass is 252 g/mol. The van der Waals surface area contributed by atoms with Crippen molar-refractivity contribution in [2.75, 3.05) is 5.73 Å². The lowest BCUT2D eigenvalue weighted by atomic mass is 10.5. The highest BCUT2D eigenvalue weighted by atomic mass is 35.5. The molecule has 2 aromatic heterocycles. The first-order chi connectivity index (χ1) is 6.18. The Balaban J connectivity index is 2.52. The molecule has 0 aromatic carbocycles. The van der Waals surface area contributed by atoms with E-state index in [4.69, 9.17) is 28.9 Å². The van der Waals surface area contributed by atoms with Crippen LogP contribution in [0.2, 0.25) is 9.36 Å².